The molecule has 1 aliphatic rings. The fourth-order valence-corrected chi connectivity index (χ4v) is 5.39. The number of ether oxygens (including phenoxy) is 1. The highest BCUT2D eigenvalue weighted by atomic mass is 35.5. The normalized spacial score (nSPS) is 14.6. The quantitative estimate of drug-likeness (QED) is 0.129. The fraction of sp³-hybridized carbons (Fsp3) is 0.312. The lowest BCUT2D eigenvalue weighted by Gasteiger charge is -2.27. The van der Waals surface area contributed by atoms with E-state index in [4.69, 9.17) is 39.3 Å². The highest BCUT2D eigenvalue weighted by Gasteiger charge is 2.28. The van der Waals surface area contributed by atoms with Crippen molar-refractivity contribution in [1.82, 2.24) is 5.32 Å². The number of anilines is 1. The van der Waals surface area contributed by atoms with Crippen LogP contribution >= 0.6 is 11.6 Å². The number of carbonyl (C=O) groups excluding carboxylic acids is 3. The summed E-state index contributed by atoms with van der Waals surface area (Å²) in [4.78, 5) is 42.9. The Hall–Kier alpha value is -4.61. The minimum atomic E-state index is -0.901. The highest BCUT2D eigenvalue weighted by molar-refractivity contribution is 6.30. The van der Waals surface area contributed by atoms with E-state index in [0.29, 0.717) is 28.6 Å². The molecule has 0 aromatic heterocycles. The molecular weight excluding hydrogens is 582 g/mol. The van der Waals surface area contributed by atoms with E-state index in [9.17, 15) is 14.4 Å². The molecule has 10 N–H and O–H groups in total. The van der Waals surface area contributed by atoms with Crippen LogP contribution in [-0.2, 0) is 16.0 Å². The minimum Gasteiger partial charge on any atom is -0.455 e. The zero-order chi connectivity index (χ0) is 31.6. The van der Waals surface area contributed by atoms with E-state index in [2.05, 4.69) is 15.6 Å². The molecule has 1 aliphatic carbocycles. The number of guanidine groups is 1. The molecule has 1 fully saturated rings. The van der Waals surface area contributed by atoms with E-state index in [-0.39, 0.29) is 29.6 Å². The van der Waals surface area contributed by atoms with E-state index in [0.717, 1.165) is 37.7 Å². The molecule has 3 amide bonds. The Bertz CT molecular complexity index is 1500. The maximum atomic E-state index is 13.7. The molecular formula is C32H38ClN7O4. The molecule has 0 heterocycles. The molecule has 3 aromatic rings. The van der Waals surface area contributed by atoms with Gasteiger partial charge in [-0.15, -0.1) is 0 Å². The van der Waals surface area contributed by atoms with Crippen molar-refractivity contribution in [3.63, 3.8) is 0 Å². The largest absolute Gasteiger partial charge is 0.455 e. The van der Waals surface area contributed by atoms with E-state index in [1.54, 1.807) is 48.5 Å². The Kier molecular flexibility index (Phi) is 11.2. The highest BCUT2D eigenvalue weighted by Crippen LogP contribution is 2.33. The first-order valence-electron chi connectivity index (χ1n) is 14.5. The first-order chi connectivity index (χ1) is 21.1. The van der Waals surface area contributed by atoms with Crippen molar-refractivity contribution >= 4 is 46.7 Å². The Morgan fingerprint density at radius 3 is 2.32 bits per heavy atom. The molecule has 0 aliphatic heterocycles. The second kappa shape index (κ2) is 15.2. The number of primary amides is 1. The number of aliphatic imine (C=N–C) groups is 1. The molecule has 44 heavy (non-hydrogen) atoms. The van der Waals surface area contributed by atoms with Crippen LogP contribution in [0.5, 0.6) is 11.5 Å². The van der Waals surface area contributed by atoms with Gasteiger partial charge in [0.25, 0.3) is 0 Å². The van der Waals surface area contributed by atoms with E-state index >= 15 is 0 Å². The summed E-state index contributed by atoms with van der Waals surface area (Å²) in [5.41, 5.74) is 24.5. The van der Waals surface area contributed by atoms with E-state index < -0.39 is 29.8 Å². The molecule has 0 unspecified atom stereocenters. The molecule has 11 nitrogen and oxygen atoms in total. The molecule has 0 saturated heterocycles. The number of hydrogen-bond acceptors (Lipinski definition) is 6. The van der Waals surface area contributed by atoms with Crippen molar-refractivity contribution in [2.45, 2.75) is 57.0 Å². The van der Waals surface area contributed by atoms with Gasteiger partial charge in [0.2, 0.25) is 17.7 Å². The molecule has 1 saturated carbocycles. The number of nitrogens with one attached hydrogen (secondary N) is 2. The second-order valence-electron chi connectivity index (χ2n) is 10.9. The number of halogens is 1. The predicted octanol–water partition coefficient (Wildman–Crippen LogP) is 4.10. The van der Waals surface area contributed by atoms with Gasteiger partial charge in [0.05, 0.1) is 17.4 Å². The van der Waals surface area contributed by atoms with Crippen molar-refractivity contribution in [2.75, 3.05) is 5.32 Å². The zero-order valence-corrected chi connectivity index (χ0v) is 25.1. The van der Waals surface area contributed by atoms with Gasteiger partial charge in [-0.1, -0.05) is 61.9 Å². The number of nitrogens with two attached hydrogens (primary N) is 4. The fourth-order valence-electron chi connectivity index (χ4n) is 5.21. The van der Waals surface area contributed by atoms with Crippen LogP contribution in [0.1, 0.15) is 54.4 Å². The first kappa shape index (κ1) is 32.3. The van der Waals surface area contributed by atoms with Crippen LogP contribution in [-0.4, -0.2) is 35.8 Å². The van der Waals surface area contributed by atoms with Crippen LogP contribution in [0.3, 0.4) is 0 Å². The van der Waals surface area contributed by atoms with Gasteiger partial charge in [0.1, 0.15) is 11.8 Å². The smallest absolute Gasteiger partial charge is 0.248 e. The van der Waals surface area contributed by atoms with Gasteiger partial charge in [-0.3, -0.25) is 14.4 Å². The average Bonchev–Trinajstić information content (AvgIpc) is 2.98. The average molecular weight is 620 g/mol. The lowest BCUT2D eigenvalue weighted by Crippen LogP contribution is -2.51. The maximum Gasteiger partial charge on any atom is 0.248 e. The summed E-state index contributed by atoms with van der Waals surface area (Å²) < 4.78 is 5.99. The van der Waals surface area contributed by atoms with E-state index in [1.165, 1.54) is 18.2 Å². The Morgan fingerprint density at radius 1 is 0.932 bits per heavy atom. The Morgan fingerprint density at radius 2 is 1.66 bits per heavy atom. The van der Waals surface area contributed by atoms with Gasteiger partial charge >= 0.3 is 0 Å². The lowest BCUT2D eigenvalue weighted by atomic mass is 9.84. The number of amides is 3. The maximum absolute atomic E-state index is 13.7. The molecule has 0 bridgehead atoms. The van der Waals surface area contributed by atoms with Crippen molar-refractivity contribution < 1.29 is 19.1 Å². The van der Waals surface area contributed by atoms with Crippen molar-refractivity contribution in [1.29, 1.82) is 0 Å². The first-order valence-corrected chi connectivity index (χ1v) is 14.9. The second-order valence-corrected chi connectivity index (χ2v) is 11.4. The standard InChI is InChI=1S/C32H38ClN7O4/c33-22-7-4-8-24(18-22)44-28-17-21(29(35)41)11-14-26(28)39-31(43)27(16-19-5-2-1-3-6-19)40-30(42)25(34)15-20-9-12-23(13-10-20)38-32(36)37/h4,7-14,17-19,25,27H,1-3,5-6,15-16,34H2,(H2,35,41)(H,39,43)(H,40,42)(H4,36,37,38)/t25-,27-/m0/s1. The molecule has 3 aromatic carbocycles. The molecule has 2 atom stereocenters. The number of carbonyl (C=O) groups is 3. The van der Waals surface area contributed by atoms with Crippen molar-refractivity contribution in [3.8, 4) is 11.5 Å². The molecule has 0 radical (unpaired) electrons. The number of hydrogen-bond donors (Lipinski definition) is 6. The van der Waals surface area contributed by atoms with Crippen molar-refractivity contribution in [3.05, 3.63) is 82.9 Å². The Balaban J connectivity index is 1.51. The third-order valence-corrected chi connectivity index (χ3v) is 7.70. The van der Waals surface area contributed by atoms with Crippen molar-refractivity contribution in [2.24, 2.45) is 33.8 Å². The summed E-state index contributed by atoms with van der Waals surface area (Å²) >= 11 is 6.11. The summed E-state index contributed by atoms with van der Waals surface area (Å²) in [6, 6.07) is 16.5. The summed E-state index contributed by atoms with van der Waals surface area (Å²) in [6.45, 7) is 0. The van der Waals surface area contributed by atoms with Gasteiger partial charge in [-0.2, -0.15) is 0 Å². The summed E-state index contributed by atoms with van der Waals surface area (Å²) in [6.07, 6.45) is 5.97. The minimum absolute atomic E-state index is 0.0527. The van der Waals surface area contributed by atoms with Crippen LogP contribution in [0, 0.1) is 5.92 Å². The molecule has 0 spiro atoms. The van der Waals surface area contributed by atoms with Gasteiger partial charge in [0, 0.05) is 10.6 Å². The van der Waals surface area contributed by atoms with Crippen LogP contribution in [0.4, 0.5) is 11.4 Å². The number of rotatable bonds is 12. The van der Waals surface area contributed by atoms with Crippen LogP contribution in [0.15, 0.2) is 71.7 Å². The van der Waals surface area contributed by atoms with Gasteiger partial charge in [-0.05, 0) is 72.9 Å². The lowest BCUT2D eigenvalue weighted by molar-refractivity contribution is -0.127. The molecule has 4 rings (SSSR count). The molecule has 232 valence electrons. The Labute approximate surface area is 261 Å². The van der Waals surface area contributed by atoms with Gasteiger partial charge < -0.3 is 38.3 Å². The third kappa shape index (κ3) is 9.45. The molecule has 12 heteroatoms. The van der Waals surface area contributed by atoms with Crippen LogP contribution in [0.2, 0.25) is 5.02 Å². The zero-order valence-electron chi connectivity index (χ0n) is 24.3. The number of benzene rings is 3. The predicted molar refractivity (Wildman–Crippen MR) is 172 cm³/mol. The number of nitrogens with zero attached hydrogens (tertiary/aromatic N) is 1. The monoisotopic (exact) mass is 619 g/mol. The summed E-state index contributed by atoms with van der Waals surface area (Å²) in [7, 11) is 0. The van der Waals surface area contributed by atoms with Crippen LogP contribution in [0.25, 0.3) is 0 Å². The summed E-state index contributed by atoms with van der Waals surface area (Å²) in [5.74, 6) is -0.712. The summed E-state index contributed by atoms with van der Waals surface area (Å²) in [5, 5.41) is 6.22. The van der Waals surface area contributed by atoms with Crippen LogP contribution < -0.4 is 38.3 Å². The van der Waals surface area contributed by atoms with Gasteiger partial charge in [0.15, 0.2) is 11.7 Å². The topological polar surface area (TPSA) is 201 Å². The third-order valence-electron chi connectivity index (χ3n) is 7.46. The van der Waals surface area contributed by atoms with E-state index in [1.807, 2.05) is 0 Å². The SMILES string of the molecule is NC(=O)c1ccc(NC(=O)[C@H](CC2CCCCC2)NC(=O)[C@@H](N)Cc2ccc(N=C(N)N)cc2)c(Oc2cccc(Cl)c2)c1. The van der Waals surface area contributed by atoms with Gasteiger partial charge in [-0.25, -0.2) is 4.99 Å².